The lowest BCUT2D eigenvalue weighted by Crippen LogP contribution is -2.45. The van der Waals surface area contributed by atoms with Crippen molar-refractivity contribution in [1.82, 2.24) is 0 Å². The fourth-order valence-electron chi connectivity index (χ4n) is 4.26. The van der Waals surface area contributed by atoms with Gasteiger partial charge in [0.05, 0.1) is 7.11 Å². The molecule has 0 saturated carbocycles. The number of esters is 1. The smallest absolute Gasteiger partial charge is 0.325 e. The summed E-state index contributed by atoms with van der Waals surface area (Å²) in [6.45, 7) is 4.06. The molecule has 0 saturated heterocycles. The molecule has 1 atom stereocenters. The molecule has 0 aromatic carbocycles. The first kappa shape index (κ1) is 32.9. The second-order valence-corrected chi connectivity index (χ2v) is 9.73. The summed E-state index contributed by atoms with van der Waals surface area (Å²) in [6, 6.07) is 0. The van der Waals surface area contributed by atoms with Gasteiger partial charge in [-0.15, -0.1) is 12.4 Å². The molecular formula is C27H56ClNO2. The van der Waals surface area contributed by atoms with Gasteiger partial charge in [-0.3, -0.25) is 4.79 Å². The molecule has 0 aliphatic rings. The van der Waals surface area contributed by atoms with Gasteiger partial charge in [0.1, 0.15) is 5.54 Å². The lowest BCUT2D eigenvalue weighted by Gasteiger charge is -2.20. The maximum absolute atomic E-state index is 11.5. The van der Waals surface area contributed by atoms with Gasteiger partial charge in [0.2, 0.25) is 0 Å². The summed E-state index contributed by atoms with van der Waals surface area (Å²) in [7, 11) is 1.41. The highest BCUT2D eigenvalue weighted by atomic mass is 35.5. The molecule has 0 aliphatic heterocycles. The van der Waals surface area contributed by atoms with E-state index >= 15 is 0 Å². The molecule has 0 rings (SSSR count). The van der Waals surface area contributed by atoms with Crippen molar-refractivity contribution in [2.45, 2.75) is 161 Å². The number of ether oxygens (including phenoxy) is 1. The Morgan fingerprint density at radius 3 is 1.13 bits per heavy atom. The van der Waals surface area contributed by atoms with Gasteiger partial charge in [0, 0.05) is 0 Å². The highest BCUT2D eigenvalue weighted by Crippen LogP contribution is 2.17. The summed E-state index contributed by atoms with van der Waals surface area (Å²) < 4.78 is 4.75. The van der Waals surface area contributed by atoms with Crippen LogP contribution in [0, 0.1) is 0 Å². The van der Waals surface area contributed by atoms with Gasteiger partial charge >= 0.3 is 5.97 Å². The van der Waals surface area contributed by atoms with Crippen LogP contribution in [-0.4, -0.2) is 18.6 Å². The average Bonchev–Trinajstić information content (AvgIpc) is 2.74. The molecule has 0 amide bonds. The molecule has 0 radical (unpaired) electrons. The van der Waals surface area contributed by atoms with Crippen molar-refractivity contribution in [2.24, 2.45) is 5.73 Å². The maximum atomic E-state index is 11.5. The number of carbonyl (C=O) groups is 1. The van der Waals surface area contributed by atoms with E-state index in [2.05, 4.69) is 6.92 Å². The number of hydrogen-bond acceptors (Lipinski definition) is 3. The minimum absolute atomic E-state index is 0. The van der Waals surface area contributed by atoms with Crippen LogP contribution in [0.15, 0.2) is 0 Å². The zero-order chi connectivity index (χ0) is 22.3. The second-order valence-electron chi connectivity index (χ2n) is 9.73. The zero-order valence-corrected chi connectivity index (χ0v) is 22.2. The molecule has 3 nitrogen and oxygen atoms in total. The highest BCUT2D eigenvalue weighted by molar-refractivity contribution is 5.85. The average molecular weight is 462 g/mol. The van der Waals surface area contributed by atoms with E-state index in [1.807, 2.05) is 0 Å². The predicted molar refractivity (Wildman–Crippen MR) is 139 cm³/mol. The number of carbonyl (C=O) groups excluding carboxylic acids is 1. The van der Waals surface area contributed by atoms with Gasteiger partial charge < -0.3 is 10.5 Å². The van der Waals surface area contributed by atoms with E-state index in [0.717, 1.165) is 12.8 Å². The lowest BCUT2D eigenvalue weighted by molar-refractivity contribution is -0.146. The zero-order valence-electron chi connectivity index (χ0n) is 21.4. The number of rotatable bonds is 23. The Bertz CT molecular complexity index is 374. The van der Waals surface area contributed by atoms with Crippen LogP contribution in [-0.2, 0) is 9.53 Å². The number of hydrogen-bond donors (Lipinski definition) is 1. The number of unbranched alkanes of at least 4 members (excludes halogenated alkanes) is 20. The lowest BCUT2D eigenvalue weighted by atomic mass is 9.95. The largest absolute Gasteiger partial charge is 0.468 e. The molecule has 0 spiro atoms. The normalized spacial score (nSPS) is 12.9. The van der Waals surface area contributed by atoms with Gasteiger partial charge in [-0.1, -0.05) is 142 Å². The maximum Gasteiger partial charge on any atom is 0.325 e. The Balaban J connectivity index is 0. The standard InChI is InChI=1S/C27H55NO2.ClH/c1-4-5-6-7-8-9-10-11-12-13-14-15-16-17-18-19-20-21-22-23-24-25-27(2,28)26(29)30-3;/h4-25,28H2,1-3H3;1H. The third kappa shape index (κ3) is 22.7. The monoisotopic (exact) mass is 461 g/mol. The molecule has 2 N–H and O–H groups in total. The third-order valence-electron chi connectivity index (χ3n) is 6.45. The van der Waals surface area contributed by atoms with E-state index in [-0.39, 0.29) is 18.4 Å². The summed E-state index contributed by atoms with van der Waals surface area (Å²) in [4.78, 5) is 11.5. The van der Waals surface area contributed by atoms with Gasteiger partial charge in [0.15, 0.2) is 0 Å². The van der Waals surface area contributed by atoms with Gasteiger partial charge in [-0.25, -0.2) is 0 Å². The Kier molecular flexibility index (Phi) is 25.9. The Hall–Kier alpha value is -0.280. The third-order valence-corrected chi connectivity index (χ3v) is 6.45. The van der Waals surface area contributed by atoms with Crippen LogP contribution in [0.3, 0.4) is 0 Å². The topological polar surface area (TPSA) is 52.3 Å². The van der Waals surface area contributed by atoms with Crippen LogP contribution < -0.4 is 5.73 Å². The summed E-state index contributed by atoms with van der Waals surface area (Å²) in [5.74, 6) is -0.296. The Labute approximate surface area is 201 Å². The van der Waals surface area contributed by atoms with Crippen molar-refractivity contribution in [2.75, 3.05) is 7.11 Å². The van der Waals surface area contributed by atoms with Crippen LogP contribution in [0.4, 0.5) is 0 Å². The molecule has 0 aliphatic carbocycles. The van der Waals surface area contributed by atoms with Gasteiger partial charge in [-0.2, -0.15) is 0 Å². The molecule has 31 heavy (non-hydrogen) atoms. The summed E-state index contributed by atoms with van der Waals surface area (Å²) in [5.41, 5.74) is 5.16. The minimum Gasteiger partial charge on any atom is -0.468 e. The first-order chi connectivity index (χ1) is 14.5. The summed E-state index contributed by atoms with van der Waals surface area (Å²) >= 11 is 0. The molecule has 1 unspecified atom stereocenters. The van der Waals surface area contributed by atoms with E-state index < -0.39 is 5.54 Å². The molecule has 4 heteroatoms. The van der Waals surface area contributed by atoms with Crippen LogP contribution in [0.25, 0.3) is 0 Å². The van der Waals surface area contributed by atoms with Crippen molar-refractivity contribution < 1.29 is 9.53 Å². The van der Waals surface area contributed by atoms with Crippen molar-refractivity contribution in [3.8, 4) is 0 Å². The molecule has 0 aromatic heterocycles. The van der Waals surface area contributed by atoms with E-state index in [0.29, 0.717) is 0 Å². The fourth-order valence-corrected chi connectivity index (χ4v) is 4.26. The van der Waals surface area contributed by atoms with Crippen LogP contribution in [0.2, 0.25) is 0 Å². The first-order valence-electron chi connectivity index (χ1n) is 13.4. The Morgan fingerprint density at radius 2 is 0.871 bits per heavy atom. The fraction of sp³-hybridized carbons (Fsp3) is 0.963. The Morgan fingerprint density at radius 1 is 0.613 bits per heavy atom. The number of nitrogens with two attached hydrogens (primary N) is 1. The molecule has 0 aromatic rings. The van der Waals surface area contributed by atoms with Crippen molar-refractivity contribution in [1.29, 1.82) is 0 Å². The number of halogens is 1. The number of methoxy groups -OCH3 is 1. The van der Waals surface area contributed by atoms with Crippen LogP contribution >= 0.6 is 12.4 Å². The van der Waals surface area contributed by atoms with E-state index in [9.17, 15) is 4.79 Å². The van der Waals surface area contributed by atoms with Crippen LogP contribution in [0.5, 0.6) is 0 Å². The van der Waals surface area contributed by atoms with E-state index in [1.54, 1.807) is 6.92 Å². The highest BCUT2D eigenvalue weighted by Gasteiger charge is 2.28. The first-order valence-corrected chi connectivity index (χ1v) is 13.4. The van der Waals surface area contributed by atoms with E-state index in [1.165, 1.54) is 136 Å². The summed E-state index contributed by atoms with van der Waals surface area (Å²) in [5, 5.41) is 0. The molecule has 188 valence electrons. The molecular weight excluding hydrogens is 406 g/mol. The predicted octanol–water partition coefficient (Wildman–Crippen LogP) is 8.90. The minimum atomic E-state index is -0.817. The van der Waals surface area contributed by atoms with Crippen molar-refractivity contribution >= 4 is 18.4 Å². The van der Waals surface area contributed by atoms with Gasteiger partial charge in [-0.05, 0) is 13.3 Å². The SMILES string of the molecule is CCCCCCCCCCCCCCCCCCCCCCCC(C)(N)C(=O)OC.Cl. The molecule has 0 fully saturated rings. The quantitative estimate of drug-likeness (QED) is 0.122. The summed E-state index contributed by atoms with van der Waals surface area (Å²) in [6.07, 6.45) is 29.8. The van der Waals surface area contributed by atoms with E-state index in [4.69, 9.17) is 10.5 Å². The van der Waals surface area contributed by atoms with Gasteiger partial charge in [0.25, 0.3) is 0 Å². The molecule has 0 heterocycles. The molecule has 0 bridgehead atoms. The van der Waals surface area contributed by atoms with Crippen LogP contribution in [0.1, 0.15) is 155 Å². The van der Waals surface area contributed by atoms with Crippen molar-refractivity contribution in [3.63, 3.8) is 0 Å². The second kappa shape index (κ2) is 24.4. The van der Waals surface area contributed by atoms with Crippen molar-refractivity contribution in [3.05, 3.63) is 0 Å².